The third kappa shape index (κ3) is 2.54. The van der Waals surface area contributed by atoms with E-state index in [4.69, 9.17) is 0 Å². The number of allylic oxidation sites excluding steroid dienone is 4. The number of nitrogens with one attached hydrogen (secondary N) is 1. The van der Waals surface area contributed by atoms with Gasteiger partial charge in [0.05, 0.1) is 5.69 Å². The van der Waals surface area contributed by atoms with Gasteiger partial charge in [-0.25, -0.2) is 0 Å². The zero-order chi connectivity index (χ0) is 13.6. The zero-order valence-electron chi connectivity index (χ0n) is 11.1. The van der Waals surface area contributed by atoms with Crippen molar-refractivity contribution in [3.05, 3.63) is 66.8 Å². The topological polar surface area (TPSA) is 32.3 Å². The minimum atomic E-state index is -0.331. The van der Waals surface area contributed by atoms with Crippen molar-refractivity contribution in [2.75, 3.05) is 5.48 Å². The third-order valence-electron chi connectivity index (χ3n) is 3.21. The van der Waals surface area contributed by atoms with Gasteiger partial charge >= 0.3 is 0 Å². The molecule has 1 unspecified atom stereocenters. The SMILES string of the molecule is C=CCC(C=CC)(C(=C)C)c1ccccc1NO. The summed E-state index contributed by atoms with van der Waals surface area (Å²) in [6.07, 6.45) is 6.73. The number of anilines is 1. The van der Waals surface area contributed by atoms with E-state index < -0.39 is 0 Å². The lowest BCUT2D eigenvalue weighted by Gasteiger charge is -2.32. The Balaban J connectivity index is 3.50. The molecule has 2 nitrogen and oxygen atoms in total. The molecular formula is C16H21NO. The first kappa shape index (κ1) is 14.3. The van der Waals surface area contributed by atoms with Crippen molar-refractivity contribution in [3.8, 4) is 0 Å². The number of hydrogen-bond donors (Lipinski definition) is 2. The predicted molar refractivity (Wildman–Crippen MR) is 78.0 cm³/mol. The van der Waals surface area contributed by atoms with Crippen LogP contribution in [0.3, 0.4) is 0 Å². The van der Waals surface area contributed by atoms with Crippen LogP contribution >= 0.6 is 0 Å². The van der Waals surface area contributed by atoms with Crippen LogP contribution < -0.4 is 5.48 Å². The molecule has 0 bridgehead atoms. The normalized spacial score (nSPS) is 14.2. The molecule has 1 aromatic carbocycles. The van der Waals surface area contributed by atoms with Gasteiger partial charge in [-0.2, -0.15) is 0 Å². The molecular weight excluding hydrogens is 222 g/mol. The molecule has 18 heavy (non-hydrogen) atoms. The van der Waals surface area contributed by atoms with E-state index in [2.05, 4.69) is 24.7 Å². The summed E-state index contributed by atoms with van der Waals surface area (Å²) >= 11 is 0. The fourth-order valence-electron chi connectivity index (χ4n) is 2.30. The van der Waals surface area contributed by atoms with E-state index in [1.54, 1.807) is 0 Å². The minimum absolute atomic E-state index is 0.331. The summed E-state index contributed by atoms with van der Waals surface area (Å²) in [6, 6.07) is 7.69. The lowest BCUT2D eigenvalue weighted by Crippen LogP contribution is -2.25. The summed E-state index contributed by atoms with van der Waals surface area (Å²) in [6.45, 7) is 11.9. The van der Waals surface area contributed by atoms with E-state index in [0.717, 1.165) is 17.6 Å². The highest BCUT2D eigenvalue weighted by molar-refractivity contribution is 5.58. The van der Waals surface area contributed by atoms with Gasteiger partial charge in [0, 0.05) is 5.41 Å². The number of hydrogen-bond acceptors (Lipinski definition) is 2. The van der Waals surface area contributed by atoms with Crippen LogP contribution in [0.4, 0.5) is 5.69 Å². The quantitative estimate of drug-likeness (QED) is 0.571. The van der Waals surface area contributed by atoms with Crippen LogP contribution in [0.5, 0.6) is 0 Å². The molecule has 0 fully saturated rings. The molecule has 0 amide bonds. The first-order valence-corrected chi connectivity index (χ1v) is 6.02. The Morgan fingerprint density at radius 2 is 2.11 bits per heavy atom. The van der Waals surface area contributed by atoms with Gasteiger partial charge in [0.25, 0.3) is 0 Å². The molecule has 2 heteroatoms. The summed E-state index contributed by atoms with van der Waals surface area (Å²) in [4.78, 5) is 0. The maximum absolute atomic E-state index is 9.27. The summed E-state index contributed by atoms with van der Waals surface area (Å²) in [7, 11) is 0. The summed E-state index contributed by atoms with van der Waals surface area (Å²) < 4.78 is 0. The van der Waals surface area contributed by atoms with Crippen LogP contribution in [0.15, 0.2) is 61.2 Å². The van der Waals surface area contributed by atoms with Gasteiger partial charge in [-0.1, -0.05) is 48.6 Å². The highest BCUT2D eigenvalue weighted by atomic mass is 16.5. The lowest BCUT2D eigenvalue weighted by atomic mass is 9.72. The Hall–Kier alpha value is -1.80. The molecule has 1 atom stereocenters. The Morgan fingerprint density at radius 1 is 1.44 bits per heavy atom. The fraction of sp³-hybridized carbons (Fsp3) is 0.250. The van der Waals surface area contributed by atoms with Gasteiger partial charge < -0.3 is 0 Å². The highest BCUT2D eigenvalue weighted by Gasteiger charge is 2.31. The number of benzene rings is 1. The van der Waals surface area contributed by atoms with Gasteiger partial charge in [-0.15, -0.1) is 6.58 Å². The number of rotatable bonds is 6. The van der Waals surface area contributed by atoms with Gasteiger partial charge in [-0.3, -0.25) is 10.7 Å². The Bertz CT molecular complexity index is 462. The van der Waals surface area contributed by atoms with Crippen LogP contribution in [-0.2, 0) is 5.41 Å². The Morgan fingerprint density at radius 3 is 2.61 bits per heavy atom. The second-order valence-corrected chi connectivity index (χ2v) is 4.40. The molecule has 2 N–H and O–H groups in total. The molecule has 0 aliphatic heterocycles. The van der Waals surface area contributed by atoms with Gasteiger partial charge in [0.1, 0.15) is 0 Å². The molecule has 0 heterocycles. The third-order valence-corrected chi connectivity index (χ3v) is 3.21. The summed E-state index contributed by atoms with van der Waals surface area (Å²) in [5.41, 5.74) is 4.64. The summed E-state index contributed by atoms with van der Waals surface area (Å²) in [5.74, 6) is 0. The second kappa shape index (κ2) is 6.22. The van der Waals surface area contributed by atoms with Gasteiger partial charge in [-0.05, 0) is 31.9 Å². The molecule has 0 aliphatic carbocycles. The molecule has 0 saturated heterocycles. The first-order chi connectivity index (χ1) is 8.62. The van der Waals surface area contributed by atoms with Crippen LogP contribution in [-0.4, -0.2) is 5.21 Å². The van der Waals surface area contributed by atoms with Gasteiger partial charge in [0.15, 0.2) is 0 Å². The van der Waals surface area contributed by atoms with Crippen molar-refractivity contribution in [2.24, 2.45) is 0 Å². The predicted octanol–water partition coefficient (Wildman–Crippen LogP) is 4.45. The Kier molecular flexibility index (Phi) is 4.93. The lowest BCUT2D eigenvalue weighted by molar-refractivity contribution is 0.386. The van der Waals surface area contributed by atoms with Crippen LogP contribution in [0.2, 0.25) is 0 Å². The fourth-order valence-corrected chi connectivity index (χ4v) is 2.30. The monoisotopic (exact) mass is 243 g/mol. The molecule has 0 aromatic heterocycles. The van der Waals surface area contributed by atoms with Crippen molar-refractivity contribution < 1.29 is 5.21 Å². The second-order valence-electron chi connectivity index (χ2n) is 4.40. The van der Waals surface area contributed by atoms with E-state index in [9.17, 15) is 5.21 Å². The number of para-hydroxylation sites is 1. The molecule has 96 valence electrons. The maximum Gasteiger partial charge on any atom is 0.0646 e. The molecule has 1 rings (SSSR count). The van der Waals surface area contributed by atoms with E-state index >= 15 is 0 Å². The Labute approximate surface area is 109 Å². The minimum Gasteiger partial charge on any atom is -0.291 e. The zero-order valence-corrected chi connectivity index (χ0v) is 11.1. The molecule has 0 saturated carbocycles. The van der Waals surface area contributed by atoms with Crippen molar-refractivity contribution in [2.45, 2.75) is 25.7 Å². The van der Waals surface area contributed by atoms with Crippen molar-refractivity contribution >= 4 is 5.69 Å². The standard InChI is InChI=1S/C16H21NO/c1-5-11-16(12-6-2,13(3)4)14-9-7-8-10-15(14)17-18/h5-10,12,17-18H,1,3,11H2,2,4H3. The van der Waals surface area contributed by atoms with Crippen molar-refractivity contribution in [1.82, 2.24) is 0 Å². The largest absolute Gasteiger partial charge is 0.291 e. The van der Waals surface area contributed by atoms with E-state index in [1.165, 1.54) is 0 Å². The highest BCUT2D eigenvalue weighted by Crippen LogP contribution is 2.40. The first-order valence-electron chi connectivity index (χ1n) is 6.02. The van der Waals surface area contributed by atoms with Crippen molar-refractivity contribution in [1.29, 1.82) is 0 Å². The maximum atomic E-state index is 9.27. The van der Waals surface area contributed by atoms with E-state index in [1.807, 2.05) is 50.3 Å². The summed E-state index contributed by atoms with van der Waals surface area (Å²) in [5, 5.41) is 9.27. The average molecular weight is 243 g/mol. The molecule has 0 aliphatic rings. The molecule has 1 aromatic rings. The van der Waals surface area contributed by atoms with Crippen LogP contribution in [0.25, 0.3) is 0 Å². The van der Waals surface area contributed by atoms with Gasteiger partial charge in [0.2, 0.25) is 0 Å². The van der Waals surface area contributed by atoms with E-state index in [-0.39, 0.29) is 5.41 Å². The van der Waals surface area contributed by atoms with Crippen LogP contribution in [0, 0.1) is 0 Å². The van der Waals surface area contributed by atoms with Crippen molar-refractivity contribution in [3.63, 3.8) is 0 Å². The molecule has 0 radical (unpaired) electrons. The molecule has 0 spiro atoms. The van der Waals surface area contributed by atoms with E-state index in [0.29, 0.717) is 5.69 Å². The van der Waals surface area contributed by atoms with Crippen LogP contribution in [0.1, 0.15) is 25.8 Å². The average Bonchev–Trinajstić information content (AvgIpc) is 2.38. The smallest absolute Gasteiger partial charge is 0.0646 e.